The summed E-state index contributed by atoms with van der Waals surface area (Å²) >= 11 is 0. The van der Waals surface area contributed by atoms with Gasteiger partial charge in [-0.1, -0.05) is 0 Å². The van der Waals surface area contributed by atoms with Crippen molar-refractivity contribution in [1.29, 1.82) is 0 Å². The fourth-order valence-electron chi connectivity index (χ4n) is 0.881. The average Bonchev–Trinajstić information content (AvgIpc) is 1.94. The van der Waals surface area contributed by atoms with Gasteiger partial charge in [0.2, 0.25) is 0 Å². The SMILES string of the molecule is O=C(O)CCC(CC(=O)O)P(=O)(O)O.[H-].[H-].[K+].[K+]. The van der Waals surface area contributed by atoms with E-state index in [2.05, 4.69) is 0 Å². The summed E-state index contributed by atoms with van der Waals surface area (Å²) in [7, 11) is -4.53. The van der Waals surface area contributed by atoms with Crippen molar-refractivity contribution in [2.24, 2.45) is 0 Å². The second-order valence-corrected chi connectivity index (χ2v) is 4.68. The molecule has 86 valence electrons. The summed E-state index contributed by atoms with van der Waals surface area (Å²) in [5.74, 6) is -2.57. The van der Waals surface area contributed by atoms with Gasteiger partial charge in [-0.2, -0.15) is 0 Å². The van der Waals surface area contributed by atoms with Crippen LogP contribution < -0.4 is 103 Å². The van der Waals surface area contributed by atoms with E-state index in [1.807, 2.05) is 0 Å². The minimum atomic E-state index is -4.53. The van der Waals surface area contributed by atoms with Gasteiger partial charge in [-0.3, -0.25) is 14.2 Å². The largest absolute Gasteiger partial charge is 1.00 e. The summed E-state index contributed by atoms with van der Waals surface area (Å²) in [6, 6.07) is 0. The van der Waals surface area contributed by atoms with E-state index in [0.717, 1.165) is 0 Å². The van der Waals surface area contributed by atoms with Crippen molar-refractivity contribution in [1.82, 2.24) is 0 Å². The summed E-state index contributed by atoms with van der Waals surface area (Å²) < 4.78 is 10.7. The first-order chi connectivity index (χ1) is 6.23. The number of rotatable bonds is 6. The molecule has 0 spiro atoms. The van der Waals surface area contributed by atoms with Gasteiger partial charge in [0.15, 0.2) is 0 Å². The molecule has 1 atom stereocenters. The summed E-state index contributed by atoms with van der Waals surface area (Å²) in [6.07, 6.45) is -1.52. The summed E-state index contributed by atoms with van der Waals surface area (Å²) in [5.41, 5.74) is -1.42. The van der Waals surface area contributed by atoms with Crippen LogP contribution in [0.2, 0.25) is 0 Å². The number of carbonyl (C=O) groups is 2. The monoisotopic (exact) mass is 306 g/mol. The molecule has 0 aliphatic rings. The van der Waals surface area contributed by atoms with Gasteiger partial charge in [-0.25, -0.2) is 0 Å². The normalized spacial score (nSPS) is 11.9. The Balaban J connectivity index is -0.000000141. The first-order valence-electron chi connectivity index (χ1n) is 3.72. The van der Waals surface area contributed by atoms with Gasteiger partial charge >= 0.3 is 122 Å². The smallest absolute Gasteiger partial charge is 1.00 e. The maximum absolute atomic E-state index is 10.7. The number of aliphatic carboxylic acids is 2. The van der Waals surface area contributed by atoms with E-state index < -0.39 is 38.0 Å². The van der Waals surface area contributed by atoms with E-state index in [9.17, 15) is 14.2 Å². The van der Waals surface area contributed by atoms with Gasteiger partial charge in [0.1, 0.15) is 0 Å². The molecule has 0 aromatic rings. The molecule has 7 nitrogen and oxygen atoms in total. The fourth-order valence-corrected chi connectivity index (χ4v) is 1.74. The van der Waals surface area contributed by atoms with Crippen LogP contribution in [0.15, 0.2) is 0 Å². The third-order valence-electron chi connectivity index (χ3n) is 1.58. The van der Waals surface area contributed by atoms with E-state index >= 15 is 0 Å². The first kappa shape index (κ1) is 23.5. The molecule has 0 radical (unpaired) electrons. The average molecular weight is 306 g/mol. The molecule has 0 aromatic carbocycles. The number of hydrogen-bond donors (Lipinski definition) is 4. The molecule has 0 heterocycles. The Hall–Kier alpha value is 2.36. The molecule has 1 unspecified atom stereocenters. The Labute approximate surface area is 180 Å². The van der Waals surface area contributed by atoms with Crippen molar-refractivity contribution in [2.45, 2.75) is 24.9 Å². The predicted molar refractivity (Wildman–Crippen MR) is 47.2 cm³/mol. The molecule has 0 bridgehead atoms. The molecule has 10 heteroatoms. The zero-order valence-electron chi connectivity index (χ0n) is 11.2. The summed E-state index contributed by atoms with van der Waals surface area (Å²) in [4.78, 5) is 37.7. The maximum Gasteiger partial charge on any atom is 1.00 e. The van der Waals surface area contributed by atoms with Crippen LogP contribution in [0.1, 0.15) is 22.1 Å². The maximum atomic E-state index is 10.7. The van der Waals surface area contributed by atoms with E-state index in [0.29, 0.717) is 0 Å². The van der Waals surface area contributed by atoms with Crippen LogP contribution in [0, 0.1) is 0 Å². The number of hydrogen-bond acceptors (Lipinski definition) is 3. The van der Waals surface area contributed by atoms with Crippen LogP contribution in [-0.4, -0.2) is 37.6 Å². The number of carboxylic acids is 2. The van der Waals surface area contributed by atoms with E-state index in [-0.39, 0.29) is 112 Å². The molecule has 0 fully saturated rings. The third-order valence-corrected chi connectivity index (χ3v) is 2.97. The summed E-state index contributed by atoms with van der Waals surface area (Å²) in [6.45, 7) is 0. The van der Waals surface area contributed by atoms with Gasteiger partial charge in [-0.15, -0.1) is 0 Å². The molecule has 16 heavy (non-hydrogen) atoms. The Morgan fingerprint density at radius 2 is 1.56 bits per heavy atom. The standard InChI is InChI=1S/C6H11O7P.2K.2H/c7-5(8)2-1-4(3-6(9)10)14(11,12)13;;;;/h4H,1-3H2,(H,7,8)(H,9,10)(H2,11,12,13);;;;/q;2*+1;2*-1. The van der Waals surface area contributed by atoms with Gasteiger partial charge in [0.25, 0.3) is 0 Å². The molecule has 0 aliphatic heterocycles. The Bertz CT molecular complexity index is 285. The number of carboxylic acid groups (broad SMARTS) is 2. The Kier molecular flexibility index (Phi) is 16.4. The van der Waals surface area contributed by atoms with Crippen molar-refractivity contribution in [2.75, 3.05) is 0 Å². The molecular formula is C6H13K2O7P. The molecule has 0 amide bonds. The second kappa shape index (κ2) is 11.2. The van der Waals surface area contributed by atoms with E-state index in [1.165, 1.54) is 0 Å². The third kappa shape index (κ3) is 12.8. The quantitative estimate of drug-likeness (QED) is 0.284. The predicted octanol–water partition coefficient (Wildman–Crippen LogP) is -5.89. The van der Waals surface area contributed by atoms with E-state index in [1.54, 1.807) is 0 Å². The van der Waals surface area contributed by atoms with Gasteiger partial charge in [-0.05, 0) is 6.42 Å². The van der Waals surface area contributed by atoms with Crippen molar-refractivity contribution in [3.05, 3.63) is 0 Å². The topological polar surface area (TPSA) is 132 Å². The minimum absolute atomic E-state index is 0. The fraction of sp³-hybridized carbons (Fsp3) is 0.667. The second-order valence-electron chi connectivity index (χ2n) is 2.77. The minimum Gasteiger partial charge on any atom is -1.00 e. The van der Waals surface area contributed by atoms with Crippen molar-refractivity contribution < 1.29 is 140 Å². The molecule has 0 saturated heterocycles. The molecule has 0 aromatic heterocycles. The zero-order chi connectivity index (χ0) is 11.4. The molecular weight excluding hydrogens is 293 g/mol. The molecule has 4 N–H and O–H groups in total. The molecule has 0 saturated carbocycles. The van der Waals surface area contributed by atoms with Crippen LogP contribution in [-0.2, 0) is 14.2 Å². The van der Waals surface area contributed by atoms with Crippen LogP contribution in [0.3, 0.4) is 0 Å². The van der Waals surface area contributed by atoms with Crippen LogP contribution in [0.5, 0.6) is 0 Å². The van der Waals surface area contributed by atoms with E-state index in [4.69, 9.17) is 20.0 Å². The molecule has 0 aliphatic carbocycles. The van der Waals surface area contributed by atoms with Crippen molar-refractivity contribution in [3.63, 3.8) is 0 Å². The molecule has 0 rings (SSSR count). The van der Waals surface area contributed by atoms with Gasteiger partial charge in [0.05, 0.1) is 12.1 Å². The van der Waals surface area contributed by atoms with Crippen molar-refractivity contribution in [3.8, 4) is 0 Å². The summed E-state index contributed by atoms with van der Waals surface area (Å²) in [5, 5.41) is 16.6. The Morgan fingerprint density at radius 1 is 1.12 bits per heavy atom. The van der Waals surface area contributed by atoms with Crippen LogP contribution >= 0.6 is 7.60 Å². The zero-order valence-corrected chi connectivity index (χ0v) is 16.3. The Morgan fingerprint density at radius 3 is 1.81 bits per heavy atom. The van der Waals surface area contributed by atoms with Gasteiger partial charge < -0.3 is 22.9 Å². The van der Waals surface area contributed by atoms with Crippen LogP contribution in [0.25, 0.3) is 0 Å². The van der Waals surface area contributed by atoms with Gasteiger partial charge in [0, 0.05) is 6.42 Å². The van der Waals surface area contributed by atoms with Crippen molar-refractivity contribution >= 4 is 19.5 Å². The first-order valence-corrected chi connectivity index (χ1v) is 5.40. The van der Waals surface area contributed by atoms with Crippen LogP contribution in [0.4, 0.5) is 0 Å².